The van der Waals surface area contributed by atoms with E-state index in [2.05, 4.69) is 44.7 Å². The molecule has 2 heterocycles. The van der Waals surface area contributed by atoms with Crippen LogP contribution < -0.4 is 0 Å². The third-order valence-electron chi connectivity index (χ3n) is 7.40. The molecule has 2 aliphatic heterocycles. The van der Waals surface area contributed by atoms with Crippen molar-refractivity contribution in [2.24, 2.45) is 16.7 Å². The minimum Gasteiger partial charge on any atom is -0.306 e. The summed E-state index contributed by atoms with van der Waals surface area (Å²) >= 11 is 0. The van der Waals surface area contributed by atoms with Gasteiger partial charge in [0.25, 0.3) is 0 Å². The molecule has 1 spiro atoms. The number of Topliss-reactive ketones (excluding diaryl/α,β-unsaturated/α-hetero) is 1. The van der Waals surface area contributed by atoms with Crippen molar-refractivity contribution in [3.63, 3.8) is 0 Å². The van der Waals surface area contributed by atoms with Gasteiger partial charge in [0, 0.05) is 24.4 Å². The molecule has 3 unspecified atom stereocenters. The Bertz CT molecular complexity index is 467. The summed E-state index contributed by atoms with van der Waals surface area (Å²) < 4.78 is 0. The summed E-state index contributed by atoms with van der Waals surface area (Å²) in [5.41, 5.74) is 0.659. The number of carbonyl (C=O) groups excluding carboxylic acids is 1. The van der Waals surface area contributed by atoms with Gasteiger partial charge < -0.3 is 9.80 Å². The number of rotatable bonds is 3. The second-order valence-electron chi connectivity index (χ2n) is 10.4. The van der Waals surface area contributed by atoms with Gasteiger partial charge in [-0.15, -0.1) is 0 Å². The van der Waals surface area contributed by atoms with Gasteiger partial charge >= 0.3 is 0 Å². The Morgan fingerprint density at radius 3 is 1.65 bits per heavy atom. The molecule has 0 amide bonds. The van der Waals surface area contributed by atoms with Crippen molar-refractivity contribution < 1.29 is 4.79 Å². The summed E-state index contributed by atoms with van der Waals surface area (Å²) in [4.78, 5) is 17.0. The highest BCUT2D eigenvalue weighted by Crippen LogP contribution is 2.43. The lowest BCUT2D eigenvalue weighted by Gasteiger charge is -2.31. The first kappa shape index (κ1) is 46.4. The van der Waals surface area contributed by atoms with Crippen LogP contribution in [0.2, 0.25) is 0 Å². The van der Waals surface area contributed by atoms with Crippen molar-refractivity contribution in [3.8, 4) is 0 Å². The predicted octanol–water partition coefficient (Wildman–Crippen LogP) is 10.8. The Hall–Kier alpha value is -0.410. The van der Waals surface area contributed by atoms with Gasteiger partial charge in [-0.25, -0.2) is 0 Å². The van der Waals surface area contributed by atoms with Gasteiger partial charge in [-0.05, 0) is 77.5 Å². The van der Waals surface area contributed by atoms with Crippen LogP contribution in [-0.2, 0) is 4.79 Å². The lowest BCUT2D eigenvalue weighted by Crippen LogP contribution is -2.38. The molecule has 2 saturated heterocycles. The maximum atomic E-state index is 12.2. The fourth-order valence-electron chi connectivity index (χ4n) is 5.75. The average molecular weight is 531 g/mol. The van der Waals surface area contributed by atoms with E-state index < -0.39 is 0 Å². The topological polar surface area (TPSA) is 23.6 Å². The monoisotopic (exact) mass is 531 g/mol. The highest BCUT2D eigenvalue weighted by atomic mass is 16.1. The second kappa shape index (κ2) is 28.6. The summed E-state index contributed by atoms with van der Waals surface area (Å²) in [6.07, 6.45) is 14.4. The summed E-state index contributed by atoms with van der Waals surface area (Å²) in [5.74, 6) is 0.868. The molecule has 230 valence electrons. The molecule has 37 heavy (non-hydrogen) atoms. The van der Waals surface area contributed by atoms with E-state index in [4.69, 9.17) is 0 Å². The van der Waals surface area contributed by atoms with Crippen LogP contribution in [0.5, 0.6) is 0 Å². The Morgan fingerprint density at radius 2 is 1.22 bits per heavy atom. The zero-order chi connectivity index (χ0) is 27.9. The molecule has 3 rings (SSSR count). The first-order valence-electron chi connectivity index (χ1n) is 15.7. The molecular formula is C34H78N2O. The Labute approximate surface area is 238 Å². The number of carbonyl (C=O) groups is 1. The van der Waals surface area contributed by atoms with Gasteiger partial charge in [-0.3, -0.25) is 4.79 Å². The van der Waals surface area contributed by atoms with Crippen LogP contribution in [0.3, 0.4) is 0 Å². The minimum absolute atomic E-state index is 0. The van der Waals surface area contributed by atoms with Gasteiger partial charge in [-0.1, -0.05) is 117 Å². The standard InChI is InChI=1S/C12H21NO.C12H25N.4C2H6.2CH4/c1-10-5-7-12(11(10)14)6-3-4-8-13(2)9-12;1-4-5-8-12(2)9-6-7-10-13(3)11-12;4*1-2;;/h10H,3-9H2,1-2H3;4-11H2,1-3H3;4*1-2H3;2*1H4. The number of hydrogen-bond acceptors (Lipinski definition) is 3. The summed E-state index contributed by atoms with van der Waals surface area (Å²) in [6.45, 7) is 27.7. The van der Waals surface area contributed by atoms with Crippen LogP contribution in [0.15, 0.2) is 0 Å². The lowest BCUT2D eigenvalue weighted by molar-refractivity contribution is -0.129. The normalized spacial score (nSPS) is 27.1. The second-order valence-corrected chi connectivity index (χ2v) is 10.4. The quantitative estimate of drug-likeness (QED) is 0.362. The molecule has 3 atom stereocenters. The molecule has 3 aliphatic rings. The number of unbranched alkanes of at least 4 members (excludes halogenated alkanes) is 1. The van der Waals surface area contributed by atoms with Gasteiger partial charge in [0.1, 0.15) is 5.78 Å². The van der Waals surface area contributed by atoms with Gasteiger partial charge in [0.15, 0.2) is 0 Å². The molecule has 1 saturated carbocycles. The van der Waals surface area contributed by atoms with Crippen LogP contribution in [0, 0.1) is 16.7 Å². The average Bonchev–Trinajstić information content (AvgIpc) is 3.05. The van der Waals surface area contributed by atoms with E-state index in [1.807, 2.05) is 55.4 Å². The molecule has 0 N–H and O–H groups in total. The molecule has 0 bridgehead atoms. The molecule has 0 aromatic heterocycles. The fraction of sp³-hybridized carbons (Fsp3) is 0.971. The largest absolute Gasteiger partial charge is 0.306 e. The van der Waals surface area contributed by atoms with E-state index >= 15 is 0 Å². The lowest BCUT2D eigenvalue weighted by atomic mass is 9.80. The zero-order valence-electron chi connectivity index (χ0n) is 27.0. The van der Waals surface area contributed by atoms with E-state index in [1.54, 1.807) is 0 Å². The maximum Gasteiger partial charge on any atom is 0.143 e. The SMILES string of the molecule is C.C.CC.CC.CC.CC.CC1CCC2(CCCCN(C)C2)C1=O.CCCCC1(C)CCCCN(C)C1. The van der Waals surface area contributed by atoms with Crippen molar-refractivity contribution >= 4 is 5.78 Å². The zero-order valence-corrected chi connectivity index (χ0v) is 27.0. The van der Waals surface area contributed by atoms with E-state index in [0.717, 1.165) is 25.8 Å². The molecule has 0 aromatic carbocycles. The first-order valence-corrected chi connectivity index (χ1v) is 15.7. The van der Waals surface area contributed by atoms with E-state index in [-0.39, 0.29) is 20.3 Å². The van der Waals surface area contributed by atoms with Crippen molar-refractivity contribution in [2.75, 3.05) is 40.3 Å². The van der Waals surface area contributed by atoms with E-state index in [0.29, 0.717) is 17.1 Å². The molecule has 3 nitrogen and oxygen atoms in total. The van der Waals surface area contributed by atoms with Crippen LogP contribution >= 0.6 is 0 Å². The molecule has 1 aliphatic carbocycles. The number of nitrogens with zero attached hydrogens (tertiary/aromatic N) is 2. The van der Waals surface area contributed by atoms with Gasteiger partial charge in [0.2, 0.25) is 0 Å². The summed E-state index contributed by atoms with van der Waals surface area (Å²) in [6, 6.07) is 0. The summed E-state index contributed by atoms with van der Waals surface area (Å²) in [7, 11) is 4.43. The summed E-state index contributed by atoms with van der Waals surface area (Å²) in [5, 5.41) is 0. The van der Waals surface area contributed by atoms with Crippen LogP contribution in [0.25, 0.3) is 0 Å². The molecule has 0 radical (unpaired) electrons. The van der Waals surface area contributed by atoms with Crippen molar-refractivity contribution in [1.29, 1.82) is 0 Å². The van der Waals surface area contributed by atoms with Crippen LogP contribution in [0.1, 0.15) is 162 Å². The Morgan fingerprint density at radius 1 is 0.757 bits per heavy atom. The molecule has 3 heteroatoms. The molecule has 3 fully saturated rings. The maximum absolute atomic E-state index is 12.2. The van der Waals surface area contributed by atoms with Crippen molar-refractivity contribution in [3.05, 3.63) is 0 Å². The smallest absolute Gasteiger partial charge is 0.143 e. The predicted molar refractivity (Wildman–Crippen MR) is 175 cm³/mol. The van der Waals surface area contributed by atoms with E-state index in [1.165, 1.54) is 71.0 Å². The number of ketones is 1. The highest BCUT2D eigenvalue weighted by Gasteiger charge is 2.46. The van der Waals surface area contributed by atoms with Crippen LogP contribution in [-0.4, -0.2) is 55.9 Å². The number of hydrogen-bond donors (Lipinski definition) is 0. The first-order chi connectivity index (χ1) is 16.8. The number of likely N-dealkylation sites (tertiary alicyclic amines) is 2. The highest BCUT2D eigenvalue weighted by molar-refractivity contribution is 5.89. The third kappa shape index (κ3) is 18.5. The van der Waals surface area contributed by atoms with Crippen molar-refractivity contribution in [1.82, 2.24) is 9.80 Å². The Kier molecular flexibility index (Phi) is 35.9. The molecule has 0 aromatic rings. The van der Waals surface area contributed by atoms with Gasteiger partial charge in [0.05, 0.1) is 0 Å². The van der Waals surface area contributed by atoms with E-state index in [9.17, 15) is 4.79 Å². The minimum atomic E-state index is 0. The Balaban J connectivity index is -0.000000140. The fourth-order valence-corrected chi connectivity index (χ4v) is 5.75. The third-order valence-corrected chi connectivity index (χ3v) is 7.40. The van der Waals surface area contributed by atoms with Crippen molar-refractivity contribution in [2.45, 2.75) is 162 Å². The van der Waals surface area contributed by atoms with Gasteiger partial charge in [-0.2, -0.15) is 0 Å². The van der Waals surface area contributed by atoms with Crippen LogP contribution in [0.4, 0.5) is 0 Å². The molecular weight excluding hydrogens is 452 g/mol.